The smallest absolute Gasteiger partial charge is 0.0729 e. The predicted octanol–water partition coefficient (Wildman–Crippen LogP) is 1.59. The van der Waals surface area contributed by atoms with Crippen LogP contribution < -0.4 is 11.3 Å². The van der Waals surface area contributed by atoms with Crippen molar-refractivity contribution in [3.05, 3.63) is 0 Å². The second-order valence-electron chi connectivity index (χ2n) is 5.46. The first kappa shape index (κ1) is 13.3. The van der Waals surface area contributed by atoms with Crippen LogP contribution in [0.4, 0.5) is 0 Å². The van der Waals surface area contributed by atoms with Gasteiger partial charge in [-0.05, 0) is 38.0 Å². The summed E-state index contributed by atoms with van der Waals surface area (Å²) in [5.41, 5.74) is 3.10. The van der Waals surface area contributed by atoms with Crippen LogP contribution in [0.3, 0.4) is 0 Å². The molecule has 0 bridgehead atoms. The third-order valence-electron chi connectivity index (χ3n) is 4.32. The van der Waals surface area contributed by atoms with Crippen LogP contribution in [-0.4, -0.2) is 31.5 Å². The highest BCUT2D eigenvalue weighted by molar-refractivity contribution is 4.92. The molecule has 0 aromatic heterocycles. The molecular formula is C13H26N2O2. The molecule has 1 spiro atoms. The molecule has 3 N–H and O–H groups in total. The van der Waals surface area contributed by atoms with Gasteiger partial charge in [0.2, 0.25) is 0 Å². The predicted molar refractivity (Wildman–Crippen MR) is 67.5 cm³/mol. The normalized spacial score (nSPS) is 30.4. The molecule has 17 heavy (non-hydrogen) atoms. The quantitative estimate of drug-likeness (QED) is 0.581. The van der Waals surface area contributed by atoms with Crippen LogP contribution in [0.1, 0.15) is 45.4 Å². The Kier molecular flexibility index (Phi) is 4.79. The van der Waals surface area contributed by atoms with Crippen molar-refractivity contribution in [1.82, 2.24) is 5.43 Å². The minimum absolute atomic E-state index is 0.0873. The van der Waals surface area contributed by atoms with Crippen molar-refractivity contribution in [2.24, 2.45) is 11.8 Å². The Morgan fingerprint density at radius 1 is 1.35 bits per heavy atom. The Labute approximate surface area is 104 Å². The average Bonchev–Trinajstić information content (AvgIpc) is 2.37. The highest BCUT2D eigenvalue weighted by atomic mass is 16.5. The zero-order chi connectivity index (χ0) is 12.1. The first-order valence-electron chi connectivity index (χ1n) is 6.97. The van der Waals surface area contributed by atoms with Crippen molar-refractivity contribution in [2.75, 3.05) is 19.8 Å². The number of nitrogens with two attached hydrogens (primary N) is 1. The van der Waals surface area contributed by atoms with E-state index in [1.165, 1.54) is 6.42 Å². The summed E-state index contributed by atoms with van der Waals surface area (Å²) in [6, 6.07) is 0.448. The van der Waals surface area contributed by atoms with E-state index in [-0.39, 0.29) is 5.60 Å². The molecule has 2 aliphatic heterocycles. The van der Waals surface area contributed by atoms with Gasteiger partial charge >= 0.3 is 0 Å². The first-order valence-corrected chi connectivity index (χ1v) is 6.97. The minimum Gasteiger partial charge on any atom is -0.381 e. The van der Waals surface area contributed by atoms with Crippen molar-refractivity contribution >= 4 is 0 Å². The van der Waals surface area contributed by atoms with Crippen LogP contribution in [0.25, 0.3) is 0 Å². The Morgan fingerprint density at radius 3 is 2.76 bits per heavy atom. The van der Waals surface area contributed by atoms with Gasteiger partial charge in [0, 0.05) is 25.9 Å². The standard InChI is InChI=1S/C13H26N2O2/c1-2-3-12(15-14)11-4-7-17-13(10-11)5-8-16-9-6-13/h11-12,15H,2-10,14H2,1H3. The molecule has 0 aromatic rings. The Morgan fingerprint density at radius 2 is 2.12 bits per heavy atom. The highest BCUT2D eigenvalue weighted by Crippen LogP contribution is 2.38. The van der Waals surface area contributed by atoms with Crippen molar-refractivity contribution in [3.63, 3.8) is 0 Å². The molecule has 2 unspecified atom stereocenters. The lowest BCUT2D eigenvalue weighted by Gasteiger charge is -2.45. The van der Waals surface area contributed by atoms with E-state index in [1.807, 2.05) is 0 Å². The zero-order valence-corrected chi connectivity index (χ0v) is 10.9. The molecular weight excluding hydrogens is 216 g/mol. The van der Waals surface area contributed by atoms with Gasteiger partial charge in [0.05, 0.1) is 5.60 Å². The third kappa shape index (κ3) is 3.19. The number of rotatable bonds is 4. The fourth-order valence-corrected chi connectivity index (χ4v) is 3.27. The number of ether oxygens (including phenoxy) is 2. The van der Waals surface area contributed by atoms with E-state index in [4.69, 9.17) is 15.3 Å². The summed E-state index contributed by atoms with van der Waals surface area (Å²) in [4.78, 5) is 0. The summed E-state index contributed by atoms with van der Waals surface area (Å²) in [6.45, 7) is 4.79. The fourth-order valence-electron chi connectivity index (χ4n) is 3.27. The summed E-state index contributed by atoms with van der Waals surface area (Å²) in [5.74, 6) is 6.35. The summed E-state index contributed by atoms with van der Waals surface area (Å²) in [5, 5.41) is 0. The molecule has 4 heteroatoms. The van der Waals surface area contributed by atoms with E-state index in [1.54, 1.807) is 0 Å². The van der Waals surface area contributed by atoms with Crippen LogP contribution in [-0.2, 0) is 9.47 Å². The van der Waals surface area contributed by atoms with Crippen molar-refractivity contribution < 1.29 is 9.47 Å². The lowest BCUT2D eigenvalue weighted by atomic mass is 9.77. The van der Waals surface area contributed by atoms with Crippen LogP contribution in [0.2, 0.25) is 0 Å². The van der Waals surface area contributed by atoms with Gasteiger partial charge < -0.3 is 9.47 Å². The second kappa shape index (κ2) is 6.14. The third-order valence-corrected chi connectivity index (χ3v) is 4.32. The maximum absolute atomic E-state index is 6.06. The lowest BCUT2D eigenvalue weighted by Crippen LogP contribution is -2.50. The summed E-state index contributed by atoms with van der Waals surface area (Å²) in [6.07, 6.45) is 6.72. The van der Waals surface area contributed by atoms with Gasteiger partial charge in [0.15, 0.2) is 0 Å². The average molecular weight is 242 g/mol. The maximum Gasteiger partial charge on any atom is 0.0729 e. The molecule has 2 atom stereocenters. The number of hydrazine groups is 1. The number of hydrogen-bond acceptors (Lipinski definition) is 4. The van der Waals surface area contributed by atoms with E-state index < -0.39 is 0 Å². The van der Waals surface area contributed by atoms with Crippen LogP contribution in [0, 0.1) is 5.92 Å². The van der Waals surface area contributed by atoms with E-state index in [0.717, 1.165) is 51.9 Å². The molecule has 2 fully saturated rings. The molecule has 0 radical (unpaired) electrons. The first-order chi connectivity index (χ1) is 8.29. The molecule has 4 nitrogen and oxygen atoms in total. The van der Waals surface area contributed by atoms with Gasteiger partial charge in [-0.25, -0.2) is 0 Å². The maximum atomic E-state index is 6.06. The van der Waals surface area contributed by atoms with Gasteiger partial charge in [-0.1, -0.05) is 13.3 Å². The fraction of sp³-hybridized carbons (Fsp3) is 1.00. The lowest BCUT2D eigenvalue weighted by molar-refractivity contribution is -0.150. The van der Waals surface area contributed by atoms with Crippen LogP contribution >= 0.6 is 0 Å². The van der Waals surface area contributed by atoms with Crippen LogP contribution in [0.15, 0.2) is 0 Å². The van der Waals surface area contributed by atoms with E-state index in [9.17, 15) is 0 Å². The Hall–Kier alpha value is -0.160. The molecule has 2 saturated heterocycles. The van der Waals surface area contributed by atoms with Gasteiger partial charge in [0.25, 0.3) is 0 Å². The Balaban J connectivity index is 1.95. The van der Waals surface area contributed by atoms with E-state index >= 15 is 0 Å². The van der Waals surface area contributed by atoms with Gasteiger partial charge in [-0.2, -0.15) is 0 Å². The number of nitrogens with one attached hydrogen (secondary N) is 1. The monoisotopic (exact) mass is 242 g/mol. The van der Waals surface area contributed by atoms with E-state index in [2.05, 4.69) is 12.3 Å². The highest BCUT2D eigenvalue weighted by Gasteiger charge is 2.40. The molecule has 0 saturated carbocycles. The summed E-state index contributed by atoms with van der Waals surface area (Å²) < 4.78 is 11.5. The molecule has 2 heterocycles. The van der Waals surface area contributed by atoms with Crippen molar-refractivity contribution in [1.29, 1.82) is 0 Å². The van der Waals surface area contributed by atoms with E-state index in [0.29, 0.717) is 12.0 Å². The van der Waals surface area contributed by atoms with Gasteiger partial charge in [0.1, 0.15) is 0 Å². The molecule has 2 aliphatic rings. The second-order valence-corrected chi connectivity index (χ2v) is 5.46. The van der Waals surface area contributed by atoms with Gasteiger partial charge in [-0.3, -0.25) is 11.3 Å². The largest absolute Gasteiger partial charge is 0.381 e. The van der Waals surface area contributed by atoms with Crippen molar-refractivity contribution in [3.8, 4) is 0 Å². The molecule has 0 amide bonds. The molecule has 0 aromatic carbocycles. The van der Waals surface area contributed by atoms with Crippen molar-refractivity contribution in [2.45, 2.75) is 57.1 Å². The Bertz CT molecular complexity index is 224. The molecule has 100 valence electrons. The molecule has 2 rings (SSSR count). The topological polar surface area (TPSA) is 56.5 Å². The molecule has 0 aliphatic carbocycles. The zero-order valence-electron chi connectivity index (χ0n) is 10.9. The summed E-state index contributed by atoms with van der Waals surface area (Å²) >= 11 is 0. The minimum atomic E-state index is 0.0873. The summed E-state index contributed by atoms with van der Waals surface area (Å²) in [7, 11) is 0. The SMILES string of the molecule is CCCC(NN)C1CCOC2(CCOCC2)C1. The van der Waals surface area contributed by atoms with Crippen LogP contribution in [0.5, 0.6) is 0 Å². The number of hydrogen-bond donors (Lipinski definition) is 2. The van der Waals surface area contributed by atoms with Gasteiger partial charge in [-0.15, -0.1) is 0 Å².